The lowest BCUT2D eigenvalue weighted by molar-refractivity contribution is -0.139. The number of hydrogen-bond donors (Lipinski definition) is 1. The molecule has 0 unspecified atom stereocenters. The SMILES string of the molecule is CC(=O)N1CCN(C(=O)CN2CCNC[C@H]2C)CC1.Cl. The van der Waals surface area contributed by atoms with E-state index in [0.29, 0.717) is 38.8 Å². The summed E-state index contributed by atoms with van der Waals surface area (Å²) < 4.78 is 0. The van der Waals surface area contributed by atoms with Crippen LogP contribution in [0.3, 0.4) is 0 Å². The largest absolute Gasteiger partial charge is 0.339 e. The average Bonchev–Trinajstić information content (AvgIpc) is 2.41. The summed E-state index contributed by atoms with van der Waals surface area (Å²) in [4.78, 5) is 29.4. The summed E-state index contributed by atoms with van der Waals surface area (Å²) in [5.41, 5.74) is 0. The van der Waals surface area contributed by atoms with Crippen molar-refractivity contribution < 1.29 is 9.59 Å². The Morgan fingerprint density at radius 3 is 2.25 bits per heavy atom. The third-order valence-electron chi connectivity index (χ3n) is 4.05. The lowest BCUT2D eigenvalue weighted by atomic mass is 10.2. The van der Waals surface area contributed by atoms with E-state index in [1.54, 1.807) is 11.8 Å². The van der Waals surface area contributed by atoms with Crippen LogP contribution < -0.4 is 5.32 Å². The van der Waals surface area contributed by atoms with Gasteiger partial charge >= 0.3 is 0 Å². The minimum absolute atomic E-state index is 0. The zero-order valence-electron chi connectivity index (χ0n) is 12.3. The standard InChI is InChI=1S/C13H24N4O2.ClH/c1-11-9-14-3-4-17(11)10-13(19)16-7-5-15(6-8-16)12(2)18;/h11,14H,3-10H2,1-2H3;1H/t11-;/m1./s1. The summed E-state index contributed by atoms with van der Waals surface area (Å²) in [5, 5.41) is 3.32. The summed E-state index contributed by atoms with van der Waals surface area (Å²) in [7, 11) is 0. The number of nitrogens with zero attached hydrogens (tertiary/aromatic N) is 3. The highest BCUT2D eigenvalue weighted by atomic mass is 35.5. The van der Waals surface area contributed by atoms with Crippen molar-refractivity contribution in [1.29, 1.82) is 0 Å². The Hall–Kier alpha value is -0.850. The molecule has 1 atom stereocenters. The molecule has 116 valence electrons. The maximum atomic E-state index is 12.2. The first-order valence-electron chi connectivity index (χ1n) is 7.06. The van der Waals surface area contributed by atoms with E-state index in [4.69, 9.17) is 0 Å². The van der Waals surface area contributed by atoms with Gasteiger partial charge in [0.05, 0.1) is 6.54 Å². The molecular weight excluding hydrogens is 280 g/mol. The lowest BCUT2D eigenvalue weighted by Crippen LogP contribution is -2.56. The van der Waals surface area contributed by atoms with Gasteiger partial charge in [0, 0.05) is 58.8 Å². The number of nitrogens with one attached hydrogen (secondary N) is 1. The molecule has 6 nitrogen and oxygen atoms in total. The smallest absolute Gasteiger partial charge is 0.236 e. The molecule has 1 N–H and O–H groups in total. The molecule has 2 heterocycles. The van der Waals surface area contributed by atoms with Crippen LogP contribution in [-0.2, 0) is 9.59 Å². The van der Waals surface area contributed by atoms with Gasteiger partial charge in [0.2, 0.25) is 11.8 Å². The number of hydrogen-bond acceptors (Lipinski definition) is 4. The van der Waals surface area contributed by atoms with E-state index in [9.17, 15) is 9.59 Å². The number of carbonyl (C=O) groups is 2. The van der Waals surface area contributed by atoms with Crippen LogP contribution in [0.4, 0.5) is 0 Å². The highest BCUT2D eigenvalue weighted by molar-refractivity contribution is 5.85. The Morgan fingerprint density at radius 2 is 1.70 bits per heavy atom. The number of rotatable bonds is 2. The van der Waals surface area contributed by atoms with E-state index < -0.39 is 0 Å². The highest BCUT2D eigenvalue weighted by Gasteiger charge is 2.26. The van der Waals surface area contributed by atoms with Gasteiger partial charge in [0.25, 0.3) is 0 Å². The predicted molar refractivity (Wildman–Crippen MR) is 80.0 cm³/mol. The Labute approximate surface area is 126 Å². The average molecular weight is 305 g/mol. The maximum absolute atomic E-state index is 12.2. The van der Waals surface area contributed by atoms with Crippen LogP contribution in [-0.4, -0.2) is 84.9 Å². The lowest BCUT2D eigenvalue weighted by Gasteiger charge is -2.38. The molecule has 2 saturated heterocycles. The summed E-state index contributed by atoms with van der Waals surface area (Å²) in [6.45, 7) is 9.73. The van der Waals surface area contributed by atoms with Gasteiger partial charge in [-0.3, -0.25) is 14.5 Å². The van der Waals surface area contributed by atoms with Crippen molar-refractivity contribution in [1.82, 2.24) is 20.0 Å². The van der Waals surface area contributed by atoms with Crippen molar-refractivity contribution in [3.63, 3.8) is 0 Å². The van der Waals surface area contributed by atoms with Crippen molar-refractivity contribution in [2.75, 3.05) is 52.4 Å². The van der Waals surface area contributed by atoms with Crippen LogP contribution in [0.15, 0.2) is 0 Å². The molecule has 0 aromatic heterocycles. The highest BCUT2D eigenvalue weighted by Crippen LogP contribution is 2.06. The van der Waals surface area contributed by atoms with Gasteiger partial charge in [0.1, 0.15) is 0 Å². The van der Waals surface area contributed by atoms with Crippen molar-refractivity contribution >= 4 is 24.2 Å². The third kappa shape index (κ3) is 4.33. The second kappa shape index (κ2) is 7.81. The van der Waals surface area contributed by atoms with Gasteiger partial charge in [-0.25, -0.2) is 0 Å². The Balaban J connectivity index is 0.00000200. The van der Waals surface area contributed by atoms with Gasteiger partial charge < -0.3 is 15.1 Å². The van der Waals surface area contributed by atoms with Crippen molar-refractivity contribution in [2.45, 2.75) is 19.9 Å². The molecule has 0 aromatic rings. The second-order valence-electron chi connectivity index (χ2n) is 5.41. The van der Waals surface area contributed by atoms with Gasteiger partial charge in [-0.15, -0.1) is 12.4 Å². The molecule has 0 radical (unpaired) electrons. The first-order chi connectivity index (χ1) is 9.08. The molecule has 0 aromatic carbocycles. The first kappa shape index (κ1) is 17.2. The molecular formula is C13H25ClN4O2. The zero-order valence-corrected chi connectivity index (χ0v) is 13.1. The Morgan fingerprint density at radius 1 is 1.10 bits per heavy atom. The van der Waals surface area contributed by atoms with Crippen LogP contribution in [0.5, 0.6) is 0 Å². The van der Waals surface area contributed by atoms with Crippen LogP contribution in [0.1, 0.15) is 13.8 Å². The van der Waals surface area contributed by atoms with E-state index in [-0.39, 0.29) is 24.2 Å². The monoisotopic (exact) mass is 304 g/mol. The van der Waals surface area contributed by atoms with E-state index in [1.807, 2.05) is 4.90 Å². The summed E-state index contributed by atoms with van der Waals surface area (Å²) in [6, 6.07) is 0.413. The van der Waals surface area contributed by atoms with Crippen molar-refractivity contribution in [2.24, 2.45) is 0 Å². The minimum atomic E-state index is 0. The quantitative estimate of drug-likeness (QED) is 0.740. The fourth-order valence-electron chi connectivity index (χ4n) is 2.66. The van der Waals surface area contributed by atoms with Crippen LogP contribution in [0.25, 0.3) is 0 Å². The molecule has 0 bridgehead atoms. The van der Waals surface area contributed by atoms with E-state index >= 15 is 0 Å². The van der Waals surface area contributed by atoms with Crippen LogP contribution >= 0.6 is 12.4 Å². The van der Waals surface area contributed by atoms with Crippen LogP contribution in [0, 0.1) is 0 Å². The molecule has 2 amide bonds. The fourth-order valence-corrected chi connectivity index (χ4v) is 2.66. The predicted octanol–water partition coefficient (Wildman–Crippen LogP) is -0.607. The molecule has 2 aliphatic rings. The van der Waals surface area contributed by atoms with Gasteiger partial charge in [-0.2, -0.15) is 0 Å². The molecule has 7 heteroatoms. The number of piperazine rings is 2. The fraction of sp³-hybridized carbons (Fsp3) is 0.846. The molecule has 20 heavy (non-hydrogen) atoms. The summed E-state index contributed by atoms with van der Waals surface area (Å²) in [6.07, 6.45) is 0. The van der Waals surface area contributed by atoms with Crippen molar-refractivity contribution in [3.05, 3.63) is 0 Å². The summed E-state index contributed by atoms with van der Waals surface area (Å²) >= 11 is 0. The maximum Gasteiger partial charge on any atom is 0.236 e. The normalized spacial score (nSPS) is 24.2. The molecule has 2 fully saturated rings. The summed E-state index contributed by atoms with van der Waals surface area (Å²) in [5.74, 6) is 0.291. The topological polar surface area (TPSA) is 55.9 Å². The molecule has 0 spiro atoms. The number of carbonyl (C=O) groups excluding carboxylic acids is 2. The van der Waals surface area contributed by atoms with Gasteiger partial charge in [-0.05, 0) is 6.92 Å². The zero-order chi connectivity index (χ0) is 13.8. The molecule has 0 aliphatic carbocycles. The van der Waals surface area contributed by atoms with Crippen LogP contribution in [0.2, 0.25) is 0 Å². The minimum Gasteiger partial charge on any atom is -0.339 e. The molecule has 2 aliphatic heterocycles. The first-order valence-corrected chi connectivity index (χ1v) is 7.06. The van der Waals surface area contributed by atoms with E-state index in [2.05, 4.69) is 17.1 Å². The van der Waals surface area contributed by atoms with E-state index in [0.717, 1.165) is 19.6 Å². The number of amides is 2. The Bertz CT molecular complexity index is 345. The molecule has 0 saturated carbocycles. The van der Waals surface area contributed by atoms with Gasteiger partial charge in [-0.1, -0.05) is 0 Å². The van der Waals surface area contributed by atoms with Crippen molar-refractivity contribution in [3.8, 4) is 0 Å². The third-order valence-corrected chi connectivity index (χ3v) is 4.05. The Kier molecular flexibility index (Phi) is 6.71. The number of halogens is 1. The molecule has 2 rings (SSSR count). The van der Waals surface area contributed by atoms with Gasteiger partial charge in [0.15, 0.2) is 0 Å². The van der Waals surface area contributed by atoms with E-state index in [1.165, 1.54) is 0 Å². The second-order valence-corrected chi connectivity index (χ2v) is 5.41.